The lowest BCUT2D eigenvalue weighted by Crippen LogP contribution is -2.53. The topological polar surface area (TPSA) is 47.9 Å². The molecule has 1 aliphatic carbocycles. The van der Waals surface area contributed by atoms with Gasteiger partial charge in [-0.15, -0.1) is 0 Å². The van der Waals surface area contributed by atoms with Gasteiger partial charge in [0.05, 0.1) is 6.54 Å². The lowest BCUT2D eigenvalue weighted by Gasteiger charge is -2.45. The van der Waals surface area contributed by atoms with Crippen molar-refractivity contribution in [2.45, 2.75) is 50.2 Å². The van der Waals surface area contributed by atoms with Crippen LogP contribution in [0, 0.1) is 0 Å². The van der Waals surface area contributed by atoms with E-state index in [1.165, 1.54) is 37.9 Å². The Kier molecular flexibility index (Phi) is 7.06. The van der Waals surface area contributed by atoms with Crippen molar-refractivity contribution < 1.29 is 4.79 Å². The Morgan fingerprint density at radius 1 is 1.30 bits per heavy atom. The van der Waals surface area contributed by atoms with Crippen molar-refractivity contribution in [3.8, 4) is 0 Å². The van der Waals surface area contributed by atoms with Crippen LogP contribution in [0.2, 0.25) is 0 Å². The molecule has 0 bridgehead atoms. The monoisotopic (exact) mass is 340 g/mol. The van der Waals surface area contributed by atoms with Gasteiger partial charge in [-0.3, -0.25) is 9.79 Å². The zero-order chi connectivity index (χ0) is 16.7. The summed E-state index contributed by atoms with van der Waals surface area (Å²) in [6, 6.07) is 0. The van der Waals surface area contributed by atoms with Crippen molar-refractivity contribution in [2.24, 2.45) is 4.99 Å². The van der Waals surface area contributed by atoms with Crippen LogP contribution in [-0.2, 0) is 4.79 Å². The number of aliphatic imine (C=N–C) groups is 1. The number of guanidine groups is 1. The highest BCUT2D eigenvalue weighted by Gasteiger charge is 2.38. The number of hydrogen-bond donors (Lipinski definition) is 1. The molecule has 1 saturated heterocycles. The summed E-state index contributed by atoms with van der Waals surface area (Å²) in [5.74, 6) is 2.31. The van der Waals surface area contributed by atoms with Crippen LogP contribution in [0.4, 0.5) is 0 Å². The molecule has 0 aromatic rings. The molecule has 132 valence electrons. The molecule has 0 unspecified atom stereocenters. The zero-order valence-electron chi connectivity index (χ0n) is 14.9. The van der Waals surface area contributed by atoms with Crippen LogP contribution >= 0.6 is 11.8 Å². The average molecular weight is 341 g/mol. The maximum absolute atomic E-state index is 11.7. The fourth-order valence-corrected chi connectivity index (χ4v) is 5.00. The second-order valence-electron chi connectivity index (χ2n) is 6.79. The molecule has 2 rings (SSSR count). The molecular formula is C17H32N4OS. The number of nitrogens with one attached hydrogen (secondary N) is 1. The number of carbonyl (C=O) groups excluding carboxylic acids is 1. The van der Waals surface area contributed by atoms with Gasteiger partial charge in [-0.05, 0) is 19.8 Å². The van der Waals surface area contributed by atoms with E-state index in [0.29, 0.717) is 17.7 Å². The van der Waals surface area contributed by atoms with Crippen molar-refractivity contribution in [3.63, 3.8) is 0 Å². The van der Waals surface area contributed by atoms with Gasteiger partial charge < -0.3 is 15.1 Å². The van der Waals surface area contributed by atoms with Gasteiger partial charge in [0.2, 0.25) is 5.91 Å². The van der Waals surface area contributed by atoms with Gasteiger partial charge in [0.15, 0.2) is 5.96 Å². The van der Waals surface area contributed by atoms with Crippen molar-refractivity contribution in [3.05, 3.63) is 0 Å². The molecule has 0 radical (unpaired) electrons. The Hall–Kier alpha value is -0.910. The van der Waals surface area contributed by atoms with E-state index in [1.54, 1.807) is 19.0 Å². The first kappa shape index (κ1) is 18.4. The van der Waals surface area contributed by atoms with E-state index in [-0.39, 0.29) is 5.91 Å². The van der Waals surface area contributed by atoms with E-state index in [4.69, 9.17) is 4.99 Å². The largest absolute Gasteiger partial charge is 0.357 e. The number of nitrogens with zero attached hydrogens (tertiary/aromatic N) is 3. The maximum Gasteiger partial charge on any atom is 0.223 e. The number of carbonyl (C=O) groups is 1. The predicted octanol–water partition coefficient (Wildman–Crippen LogP) is 2.18. The summed E-state index contributed by atoms with van der Waals surface area (Å²) in [4.78, 5) is 20.5. The summed E-state index contributed by atoms with van der Waals surface area (Å²) in [5, 5.41) is 3.42. The van der Waals surface area contributed by atoms with E-state index in [2.05, 4.69) is 28.9 Å². The molecule has 1 aliphatic heterocycles. The normalized spacial score (nSPS) is 21.3. The molecule has 5 nitrogen and oxygen atoms in total. The summed E-state index contributed by atoms with van der Waals surface area (Å²) < 4.78 is 0.437. The minimum Gasteiger partial charge on any atom is -0.357 e. The molecule has 0 aromatic carbocycles. The molecule has 23 heavy (non-hydrogen) atoms. The van der Waals surface area contributed by atoms with Gasteiger partial charge >= 0.3 is 0 Å². The molecule has 1 saturated carbocycles. The van der Waals surface area contributed by atoms with Crippen LogP contribution in [0.3, 0.4) is 0 Å². The van der Waals surface area contributed by atoms with E-state index >= 15 is 0 Å². The number of rotatable bonds is 4. The van der Waals surface area contributed by atoms with Crippen molar-refractivity contribution >= 4 is 23.6 Å². The first-order valence-corrected chi connectivity index (χ1v) is 9.92. The van der Waals surface area contributed by atoms with Crippen molar-refractivity contribution in [1.82, 2.24) is 15.1 Å². The Morgan fingerprint density at radius 2 is 2.04 bits per heavy atom. The van der Waals surface area contributed by atoms with Crippen LogP contribution in [0.25, 0.3) is 0 Å². The molecule has 1 spiro atoms. The highest BCUT2D eigenvalue weighted by Crippen LogP contribution is 2.42. The first-order chi connectivity index (χ1) is 11.1. The van der Waals surface area contributed by atoms with E-state index in [0.717, 1.165) is 25.6 Å². The summed E-state index contributed by atoms with van der Waals surface area (Å²) >= 11 is 2.17. The Labute approximate surface area is 145 Å². The third-order valence-corrected chi connectivity index (χ3v) is 6.27. The fourth-order valence-electron chi connectivity index (χ4n) is 3.43. The predicted molar refractivity (Wildman–Crippen MR) is 99.1 cm³/mol. The van der Waals surface area contributed by atoms with Gasteiger partial charge in [-0.2, -0.15) is 11.8 Å². The lowest BCUT2D eigenvalue weighted by atomic mass is 9.87. The van der Waals surface area contributed by atoms with E-state index < -0.39 is 0 Å². The summed E-state index contributed by atoms with van der Waals surface area (Å²) in [5.41, 5.74) is 0. The molecule has 2 fully saturated rings. The van der Waals surface area contributed by atoms with E-state index in [9.17, 15) is 4.79 Å². The molecule has 1 amide bonds. The van der Waals surface area contributed by atoms with Gasteiger partial charge in [0.25, 0.3) is 0 Å². The van der Waals surface area contributed by atoms with Crippen LogP contribution < -0.4 is 5.32 Å². The highest BCUT2D eigenvalue weighted by atomic mass is 32.2. The van der Waals surface area contributed by atoms with Crippen LogP contribution in [-0.4, -0.2) is 72.4 Å². The zero-order valence-corrected chi connectivity index (χ0v) is 15.8. The summed E-state index contributed by atoms with van der Waals surface area (Å²) in [6.45, 7) is 5.70. The molecule has 0 atom stereocenters. The summed E-state index contributed by atoms with van der Waals surface area (Å²) in [7, 11) is 3.60. The maximum atomic E-state index is 11.7. The fraction of sp³-hybridized carbons (Fsp3) is 0.882. The third-order valence-electron chi connectivity index (χ3n) is 4.73. The van der Waals surface area contributed by atoms with Crippen molar-refractivity contribution in [1.29, 1.82) is 0 Å². The first-order valence-electron chi connectivity index (χ1n) is 8.94. The lowest BCUT2D eigenvalue weighted by molar-refractivity contribution is -0.128. The second kappa shape index (κ2) is 8.81. The van der Waals surface area contributed by atoms with Gasteiger partial charge in [-0.25, -0.2) is 0 Å². The highest BCUT2D eigenvalue weighted by molar-refractivity contribution is 8.00. The molecule has 2 aliphatic rings. The number of amides is 1. The molecule has 1 heterocycles. The molecule has 6 heteroatoms. The van der Waals surface area contributed by atoms with Gasteiger partial charge in [0.1, 0.15) is 0 Å². The Morgan fingerprint density at radius 3 is 2.70 bits per heavy atom. The second-order valence-corrected chi connectivity index (χ2v) is 8.35. The van der Waals surface area contributed by atoms with E-state index in [1.807, 2.05) is 0 Å². The molecule has 0 aromatic heterocycles. The van der Waals surface area contributed by atoms with Crippen LogP contribution in [0.15, 0.2) is 4.99 Å². The molecular weight excluding hydrogens is 308 g/mol. The third kappa shape index (κ3) is 5.30. The average Bonchev–Trinajstić information content (AvgIpc) is 2.54. The molecule has 1 N–H and O–H groups in total. The standard InChI is InChI=1S/C17H32N4OS/c1-4-18-16(19-11-8-15(22)20(2)3)21-12-13-23-17(14-21)9-6-5-7-10-17/h4-14H2,1-3H3,(H,18,19). The minimum absolute atomic E-state index is 0.141. The SMILES string of the molecule is CCNC(=NCCC(=O)N(C)C)N1CCSC2(CCCCC2)C1. The number of thioether (sulfide) groups is 1. The number of hydrogen-bond acceptors (Lipinski definition) is 3. The summed E-state index contributed by atoms with van der Waals surface area (Å²) in [6.07, 6.45) is 7.29. The van der Waals surface area contributed by atoms with Crippen LogP contribution in [0.5, 0.6) is 0 Å². The van der Waals surface area contributed by atoms with Gasteiger partial charge in [0, 0.05) is 50.7 Å². The Balaban J connectivity index is 1.97. The van der Waals surface area contributed by atoms with Crippen LogP contribution in [0.1, 0.15) is 45.4 Å². The quantitative estimate of drug-likeness (QED) is 0.629. The minimum atomic E-state index is 0.141. The smallest absolute Gasteiger partial charge is 0.223 e. The van der Waals surface area contributed by atoms with Crippen molar-refractivity contribution in [2.75, 3.05) is 46.0 Å². The van der Waals surface area contributed by atoms with Gasteiger partial charge in [-0.1, -0.05) is 19.3 Å². The Bertz CT molecular complexity index is 413.